The largest absolute Gasteiger partial charge is 0.476 e. The number of carboxylic acid groups (broad SMARTS) is 1. The number of amides is 1. The lowest BCUT2D eigenvalue weighted by atomic mass is 10.2. The molecular weight excluding hydrogens is 260 g/mol. The average Bonchev–Trinajstić information content (AvgIpc) is 2.85. The summed E-state index contributed by atoms with van der Waals surface area (Å²) in [5.41, 5.74) is -0.633. The maximum Gasteiger partial charge on any atom is 0.355 e. The second kappa shape index (κ2) is 4.52. The Morgan fingerprint density at radius 2 is 1.94 bits per heavy atom. The molecular formula is C10H12N2O5S. The Balaban J connectivity index is 2.16. The topological polar surface area (TPSA) is 113 Å². The molecule has 0 bridgehead atoms. The van der Waals surface area contributed by atoms with Crippen LogP contribution in [0.25, 0.3) is 0 Å². The lowest BCUT2D eigenvalue weighted by Gasteiger charge is -2.11. The van der Waals surface area contributed by atoms with Crippen molar-refractivity contribution < 1.29 is 23.1 Å². The molecule has 0 radical (unpaired) electrons. The van der Waals surface area contributed by atoms with Gasteiger partial charge < -0.3 is 10.4 Å². The minimum atomic E-state index is -4.17. The molecule has 0 spiro atoms. The van der Waals surface area contributed by atoms with Crippen LogP contribution in [0.3, 0.4) is 0 Å². The molecule has 2 N–H and O–H groups in total. The number of carboxylic acids is 1. The van der Waals surface area contributed by atoms with Gasteiger partial charge in [0.1, 0.15) is 0 Å². The summed E-state index contributed by atoms with van der Waals surface area (Å²) >= 11 is 0. The fourth-order valence-electron chi connectivity index (χ4n) is 2.01. The van der Waals surface area contributed by atoms with E-state index in [9.17, 15) is 18.0 Å². The highest BCUT2D eigenvalue weighted by Gasteiger charge is 2.34. The number of carbonyl (C=O) groups excluding carboxylic acids is 1. The van der Waals surface area contributed by atoms with E-state index in [1.807, 2.05) is 0 Å². The molecule has 0 unspecified atom stereocenters. The van der Waals surface area contributed by atoms with Crippen LogP contribution < -0.4 is 5.32 Å². The minimum Gasteiger partial charge on any atom is -0.476 e. The Morgan fingerprint density at radius 1 is 1.33 bits per heavy atom. The Bertz CT molecular complexity index is 555. The van der Waals surface area contributed by atoms with Gasteiger partial charge in [0.05, 0.1) is 0 Å². The van der Waals surface area contributed by atoms with Crippen LogP contribution in [0, 0.1) is 0 Å². The van der Waals surface area contributed by atoms with Gasteiger partial charge in [0.15, 0.2) is 10.6 Å². The highest BCUT2D eigenvalue weighted by Crippen LogP contribution is 2.21. The molecule has 7 nitrogen and oxygen atoms in total. The molecule has 18 heavy (non-hydrogen) atoms. The molecule has 0 aromatic heterocycles. The van der Waals surface area contributed by atoms with Crippen molar-refractivity contribution in [1.29, 1.82) is 0 Å². The van der Waals surface area contributed by atoms with E-state index in [2.05, 4.69) is 9.71 Å². The number of sulfonamides is 1. The highest BCUT2D eigenvalue weighted by atomic mass is 32.2. The van der Waals surface area contributed by atoms with Gasteiger partial charge in [0.25, 0.3) is 15.9 Å². The van der Waals surface area contributed by atoms with Crippen LogP contribution in [0.4, 0.5) is 0 Å². The molecule has 8 heteroatoms. The van der Waals surface area contributed by atoms with E-state index < -0.39 is 32.5 Å². The van der Waals surface area contributed by atoms with Crippen LogP contribution in [0.2, 0.25) is 0 Å². The zero-order valence-corrected chi connectivity index (χ0v) is 10.2. The Hall–Kier alpha value is -1.70. The smallest absolute Gasteiger partial charge is 0.355 e. The summed E-state index contributed by atoms with van der Waals surface area (Å²) in [7, 11) is -4.17. The molecule has 2 rings (SSSR count). The molecule has 2 aliphatic rings. The number of carbonyl (C=O) groups is 2. The van der Waals surface area contributed by atoms with Gasteiger partial charge in [-0.3, -0.25) is 4.79 Å². The number of hydrogen-bond donors (Lipinski definition) is 2. The first-order chi connectivity index (χ1) is 8.40. The summed E-state index contributed by atoms with van der Waals surface area (Å²) in [6.45, 7) is 0. The summed E-state index contributed by atoms with van der Waals surface area (Å²) < 4.78 is 26.1. The third-order valence-electron chi connectivity index (χ3n) is 2.90. The number of nitrogens with one attached hydrogen (secondary N) is 1. The molecule has 1 heterocycles. The molecule has 0 aromatic rings. The van der Waals surface area contributed by atoms with E-state index in [4.69, 9.17) is 5.11 Å². The van der Waals surface area contributed by atoms with Crippen molar-refractivity contribution in [2.24, 2.45) is 4.40 Å². The average molecular weight is 272 g/mol. The van der Waals surface area contributed by atoms with E-state index in [-0.39, 0.29) is 6.04 Å². The summed E-state index contributed by atoms with van der Waals surface area (Å²) in [5, 5.41) is 11.2. The Labute approximate surface area is 104 Å². The third kappa shape index (κ3) is 2.42. The lowest BCUT2D eigenvalue weighted by Crippen LogP contribution is -2.34. The van der Waals surface area contributed by atoms with Crippen molar-refractivity contribution in [2.75, 3.05) is 0 Å². The van der Waals surface area contributed by atoms with Crippen LogP contribution >= 0.6 is 0 Å². The maximum atomic E-state index is 11.8. The third-order valence-corrected chi connectivity index (χ3v) is 4.19. The summed E-state index contributed by atoms with van der Waals surface area (Å²) in [4.78, 5) is 21.8. The molecule has 1 saturated carbocycles. The first-order valence-corrected chi connectivity index (χ1v) is 6.95. The van der Waals surface area contributed by atoms with Gasteiger partial charge in [0, 0.05) is 6.04 Å². The van der Waals surface area contributed by atoms with Gasteiger partial charge in [-0.1, -0.05) is 12.8 Å². The second-order valence-corrected chi connectivity index (χ2v) is 5.79. The molecule has 0 saturated heterocycles. The molecule has 1 aliphatic carbocycles. The first kappa shape index (κ1) is 12.7. The fraction of sp³-hybridized carbons (Fsp3) is 0.500. The summed E-state index contributed by atoms with van der Waals surface area (Å²) in [5.74, 6) is -2.25. The van der Waals surface area contributed by atoms with Crippen LogP contribution in [0.1, 0.15) is 25.7 Å². The molecule has 0 aromatic carbocycles. The van der Waals surface area contributed by atoms with Crippen molar-refractivity contribution >= 4 is 27.6 Å². The van der Waals surface area contributed by atoms with Gasteiger partial charge in [0.2, 0.25) is 0 Å². The maximum absolute atomic E-state index is 11.8. The van der Waals surface area contributed by atoms with Crippen molar-refractivity contribution in [1.82, 2.24) is 5.32 Å². The number of hydrogen-bond acceptors (Lipinski definition) is 4. The van der Waals surface area contributed by atoms with Crippen molar-refractivity contribution in [3.8, 4) is 0 Å². The van der Waals surface area contributed by atoms with Gasteiger partial charge in [-0.15, -0.1) is 0 Å². The van der Waals surface area contributed by atoms with Crippen molar-refractivity contribution in [3.63, 3.8) is 0 Å². The van der Waals surface area contributed by atoms with Crippen LogP contribution in [0.15, 0.2) is 15.4 Å². The van der Waals surface area contributed by atoms with E-state index in [1.165, 1.54) is 0 Å². The number of aliphatic carboxylic acids is 1. The van der Waals surface area contributed by atoms with Crippen molar-refractivity contribution in [2.45, 2.75) is 31.7 Å². The normalized spacial score (nSPS) is 22.4. The van der Waals surface area contributed by atoms with Crippen LogP contribution in [-0.4, -0.2) is 37.2 Å². The Kier molecular flexibility index (Phi) is 3.20. The molecule has 1 aliphatic heterocycles. The zero-order chi connectivity index (χ0) is 13.3. The number of nitrogens with zero attached hydrogens (tertiary/aromatic N) is 1. The minimum absolute atomic E-state index is 0.0394. The van der Waals surface area contributed by atoms with Gasteiger partial charge in [-0.2, -0.15) is 12.8 Å². The van der Waals surface area contributed by atoms with Crippen LogP contribution in [-0.2, 0) is 19.6 Å². The monoisotopic (exact) mass is 272 g/mol. The molecule has 1 fully saturated rings. The van der Waals surface area contributed by atoms with E-state index in [0.717, 1.165) is 31.8 Å². The number of rotatable bonds is 3. The summed E-state index contributed by atoms with van der Waals surface area (Å²) in [6, 6.07) is -0.0394. The quantitative estimate of drug-likeness (QED) is 0.738. The van der Waals surface area contributed by atoms with Crippen molar-refractivity contribution in [3.05, 3.63) is 11.0 Å². The predicted molar refractivity (Wildman–Crippen MR) is 62.5 cm³/mol. The van der Waals surface area contributed by atoms with E-state index in [0.29, 0.717) is 0 Å². The molecule has 1 amide bonds. The zero-order valence-electron chi connectivity index (χ0n) is 9.42. The standard InChI is InChI=1S/C10H12N2O5S/c13-9(11-6-3-1-2-4-6)8-5-7(10(14)15)12-18(8,16)17/h5-6H,1-4H2,(H,11,13)(H,14,15). The second-order valence-electron chi connectivity index (χ2n) is 4.22. The van der Waals surface area contributed by atoms with Gasteiger partial charge in [-0.05, 0) is 18.9 Å². The molecule has 0 atom stereocenters. The van der Waals surface area contributed by atoms with E-state index in [1.54, 1.807) is 0 Å². The first-order valence-electron chi connectivity index (χ1n) is 5.51. The van der Waals surface area contributed by atoms with Crippen LogP contribution in [0.5, 0.6) is 0 Å². The van der Waals surface area contributed by atoms with E-state index >= 15 is 0 Å². The lowest BCUT2D eigenvalue weighted by molar-refractivity contribution is -0.129. The van der Waals surface area contributed by atoms with Gasteiger partial charge >= 0.3 is 5.97 Å². The fourth-order valence-corrected chi connectivity index (χ4v) is 3.06. The van der Waals surface area contributed by atoms with Gasteiger partial charge in [-0.25, -0.2) is 4.79 Å². The predicted octanol–water partition coefficient (Wildman–Crippen LogP) is -0.202. The molecule has 98 valence electrons. The summed E-state index contributed by atoms with van der Waals surface area (Å²) in [6.07, 6.45) is 4.40. The Morgan fingerprint density at radius 3 is 2.44 bits per heavy atom. The SMILES string of the molecule is O=C(O)C1=NS(=O)(=O)C(C(=O)NC2CCCC2)=C1. The highest BCUT2D eigenvalue weighted by molar-refractivity contribution is 7.95.